The van der Waals surface area contributed by atoms with Crippen LogP contribution in [0.1, 0.15) is 5.56 Å². The molecule has 0 N–H and O–H groups in total. The highest BCUT2D eigenvalue weighted by Gasteiger charge is 2.20. The summed E-state index contributed by atoms with van der Waals surface area (Å²) in [6.07, 6.45) is 0. The molecule has 0 saturated carbocycles. The zero-order valence-electron chi connectivity index (χ0n) is 9.54. The number of nitro benzene ring substituents is 1. The molecule has 0 fully saturated rings. The molecule has 5 nitrogen and oxygen atoms in total. The van der Waals surface area contributed by atoms with Crippen LogP contribution in [0.15, 0.2) is 42.5 Å². The van der Waals surface area contributed by atoms with E-state index >= 15 is 0 Å². The molecule has 2 rings (SSSR count). The van der Waals surface area contributed by atoms with Crippen molar-refractivity contribution in [3.63, 3.8) is 0 Å². The van der Waals surface area contributed by atoms with Crippen molar-refractivity contribution in [2.75, 3.05) is 0 Å². The Morgan fingerprint density at radius 3 is 2.47 bits per heavy atom. The number of hydrogen-bond acceptors (Lipinski definition) is 4. The van der Waals surface area contributed by atoms with E-state index in [-0.39, 0.29) is 16.5 Å². The molecule has 0 aliphatic carbocycles. The van der Waals surface area contributed by atoms with Crippen LogP contribution in [0.5, 0.6) is 11.5 Å². The van der Waals surface area contributed by atoms with Crippen LogP contribution in [0.2, 0.25) is 5.02 Å². The molecule has 0 bridgehead atoms. The molecule has 0 unspecified atom stereocenters. The Morgan fingerprint density at radius 2 is 1.89 bits per heavy atom. The molecule has 0 saturated heterocycles. The fourth-order valence-electron chi connectivity index (χ4n) is 1.48. The second kappa shape index (κ2) is 5.38. The van der Waals surface area contributed by atoms with Crippen LogP contribution in [0, 0.1) is 21.4 Å². The monoisotopic (exact) mass is 274 g/mol. The Hall–Kier alpha value is -2.58. The third-order valence-corrected chi connectivity index (χ3v) is 2.65. The lowest BCUT2D eigenvalue weighted by atomic mass is 10.2. The van der Waals surface area contributed by atoms with E-state index in [9.17, 15) is 10.1 Å². The first-order valence-corrected chi connectivity index (χ1v) is 5.60. The van der Waals surface area contributed by atoms with Gasteiger partial charge in [0.1, 0.15) is 10.8 Å². The van der Waals surface area contributed by atoms with Gasteiger partial charge in [-0.1, -0.05) is 17.7 Å². The summed E-state index contributed by atoms with van der Waals surface area (Å²) < 4.78 is 5.42. The van der Waals surface area contributed by atoms with Gasteiger partial charge in [0, 0.05) is 0 Å². The molecule has 0 spiro atoms. The highest BCUT2D eigenvalue weighted by atomic mass is 35.5. The van der Waals surface area contributed by atoms with Gasteiger partial charge in [-0.25, -0.2) is 0 Å². The lowest BCUT2D eigenvalue weighted by Crippen LogP contribution is -1.94. The van der Waals surface area contributed by atoms with Gasteiger partial charge in [0.2, 0.25) is 5.75 Å². The smallest absolute Gasteiger partial charge is 0.329 e. The summed E-state index contributed by atoms with van der Waals surface area (Å²) in [5.74, 6) is 0.451. The maximum atomic E-state index is 10.9. The molecule has 0 aliphatic rings. The van der Waals surface area contributed by atoms with E-state index in [1.807, 2.05) is 6.07 Å². The highest BCUT2D eigenvalue weighted by Crippen LogP contribution is 2.36. The Kier molecular flexibility index (Phi) is 3.64. The molecule has 2 aromatic rings. The van der Waals surface area contributed by atoms with Crippen LogP contribution in [-0.4, -0.2) is 4.92 Å². The summed E-state index contributed by atoms with van der Waals surface area (Å²) in [5.41, 5.74) is 0.196. The zero-order valence-corrected chi connectivity index (χ0v) is 10.3. The molecule has 2 aromatic carbocycles. The summed E-state index contributed by atoms with van der Waals surface area (Å²) >= 11 is 5.77. The predicted molar refractivity (Wildman–Crippen MR) is 69.3 cm³/mol. The number of ether oxygens (including phenoxy) is 1. The van der Waals surface area contributed by atoms with E-state index < -0.39 is 4.92 Å². The molecular weight excluding hydrogens is 268 g/mol. The SMILES string of the molecule is N#Cc1ccc(Oc2cccc(Cl)c2[N+](=O)[O-])cc1. The Bertz CT molecular complexity index is 663. The number of nitro groups is 1. The lowest BCUT2D eigenvalue weighted by Gasteiger charge is -2.06. The number of nitriles is 1. The van der Waals surface area contributed by atoms with E-state index in [0.717, 1.165) is 0 Å². The number of benzene rings is 2. The molecule has 0 aromatic heterocycles. The zero-order chi connectivity index (χ0) is 13.8. The molecule has 0 amide bonds. The number of nitrogens with zero attached hydrogens (tertiary/aromatic N) is 2. The van der Waals surface area contributed by atoms with E-state index in [2.05, 4.69) is 0 Å². The largest absolute Gasteiger partial charge is 0.450 e. The lowest BCUT2D eigenvalue weighted by molar-refractivity contribution is -0.385. The Labute approximate surface area is 113 Å². The maximum absolute atomic E-state index is 10.9. The third-order valence-electron chi connectivity index (χ3n) is 2.34. The molecule has 6 heteroatoms. The van der Waals surface area contributed by atoms with Gasteiger partial charge in [0.05, 0.1) is 16.6 Å². The Morgan fingerprint density at radius 1 is 1.21 bits per heavy atom. The highest BCUT2D eigenvalue weighted by molar-refractivity contribution is 6.32. The van der Waals surface area contributed by atoms with E-state index in [1.54, 1.807) is 30.3 Å². The average Bonchev–Trinajstić information content (AvgIpc) is 2.39. The first kappa shape index (κ1) is 12.9. The van der Waals surface area contributed by atoms with Gasteiger partial charge in [-0.05, 0) is 36.4 Å². The minimum Gasteiger partial charge on any atom is -0.450 e. The minimum absolute atomic E-state index is 0.0103. The maximum Gasteiger partial charge on any atom is 0.329 e. The summed E-state index contributed by atoms with van der Waals surface area (Å²) in [4.78, 5) is 10.3. The summed E-state index contributed by atoms with van der Waals surface area (Å²) in [5, 5.41) is 19.6. The van der Waals surface area contributed by atoms with Gasteiger partial charge < -0.3 is 4.74 Å². The van der Waals surface area contributed by atoms with Gasteiger partial charge in [0.25, 0.3) is 0 Å². The second-order valence-corrected chi connectivity index (χ2v) is 3.99. The van der Waals surface area contributed by atoms with Crippen LogP contribution < -0.4 is 4.74 Å². The van der Waals surface area contributed by atoms with Crippen molar-refractivity contribution in [1.82, 2.24) is 0 Å². The number of rotatable bonds is 3. The van der Waals surface area contributed by atoms with Gasteiger partial charge in [-0.3, -0.25) is 10.1 Å². The molecule has 0 atom stereocenters. The van der Waals surface area contributed by atoms with Crippen molar-refractivity contribution < 1.29 is 9.66 Å². The van der Waals surface area contributed by atoms with Crippen molar-refractivity contribution >= 4 is 17.3 Å². The van der Waals surface area contributed by atoms with Crippen LogP contribution in [0.25, 0.3) is 0 Å². The second-order valence-electron chi connectivity index (χ2n) is 3.58. The van der Waals surface area contributed by atoms with Crippen LogP contribution in [0.4, 0.5) is 5.69 Å². The van der Waals surface area contributed by atoms with Crippen molar-refractivity contribution in [3.05, 3.63) is 63.2 Å². The minimum atomic E-state index is -0.596. The standard InChI is InChI=1S/C13H7ClN2O3/c14-11-2-1-3-12(13(11)16(17)18)19-10-6-4-9(8-15)5-7-10/h1-7H. The number of hydrogen-bond donors (Lipinski definition) is 0. The van der Waals surface area contributed by atoms with E-state index in [4.69, 9.17) is 21.6 Å². The van der Waals surface area contributed by atoms with Crippen molar-refractivity contribution in [2.45, 2.75) is 0 Å². The predicted octanol–water partition coefficient (Wildman–Crippen LogP) is 3.91. The summed E-state index contributed by atoms with van der Waals surface area (Å²) in [7, 11) is 0. The third kappa shape index (κ3) is 2.81. The quantitative estimate of drug-likeness (QED) is 0.628. The fourth-order valence-corrected chi connectivity index (χ4v) is 1.71. The average molecular weight is 275 g/mol. The topological polar surface area (TPSA) is 76.2 Å². The van der Waals surface area contributed by atoms with Gasteiger partial charge in [-0.2, -0.15) is 5.26 Å². The molecule has 0 radical (unpaired) electrons. The van der Waals surface area contributed by atoms with Gasteiger partial charge in [-0.15, -0.1) is 0 Å². The molecular formula is C13H7ClN2O3. The number of para-hydroxylation sites is 1. The van der Waals surface area contributed by atoms with Crippen LogP contribution in [-0.2, 0) is 0 Å². The van der Waals surface area contributed by atoms with E-state index in [0.29, 0.717) is 11.3 Å². The van der Waals surface area contributed by atoms with Crippen molar-refractivity contribution in [2.24, 2.45) is 0 Å². The summed E-state index contributed by atoms with van der Waals surface area (Å²) in [6, 6.07) is 12.7. The first-order chi connectivity index (χ1) is 9.11. The molecule has 0 heterocycles. The molecule has 19 heavy (non-hydrogen) atoms. The van der Waals surface area contributed by atoms with Crippen LogP contribution in [0.3, 0.4) is 0 Å². The summed E-state index contributed by atoms with van der Waals surface area (Å²) in [6.45, 7) is 0. The van der Waals surface area contributed by atoms with Crippen molar-refractivity contribution in [3.8, 4) is 17.6 Å². The molecule has 94 valence electrons. The normalized spacial score (nSPS) is 9.68. The first-order valence-electron chi connectivity index (χ1n) is 5.22. The van der Waals surface area contributed by atoms with Crippen molar-refractivity contribution in [1.29, 1.82) is 5.26 Å². The Balaban J connectivity index is 2.35. The van der Waals surface area contributed by atoms with Crippen LogP contribution >= 0.6 is 11.6 Å². The molecule has 0 aliphatic heterocycles. The van der Waals surface area contributed by atoms with Gasteiger partial charge in [0.15, 0.2) is 0 Å². The van der Waals surface area contributed by atoms with E-state index in [1.165, 1.54) is 12.1 Å². The van der Waals surface area contributed by atoms with Gasteiger partial charge >= 0.3 is 5.69 Å². The number of halogens is 1. The fraction of sp³-hybridized carbons (Fsp3) is 0.